The standard InChI is InChI=1S/C16H14N4O2S2/c17-10-12-11-19-14-5-2-1-4-13(14)16(12)18-7-8-20-24(21,22)15-6-3-9-23-15/h1-6,9,11,20H,7-8H2,(H,18,19). The van der Waals surface area contributed by atoms with Gasteiger partial charge >= 0.3 is 0 Å². The van der Waals surface area contributed by atoms with Crippen molar-refractivity contribution in [2.75, 3.05) is 18.4 Å². The van der Waals surface area contributed by atoms with Crippen LogP contribution in [0.4, 0.5) is 5.69 Å². The van der Waals surface area contributed by atoms with Gasteiger partial charge in [0.15, 0.2) is 0 Å². The number of nitrogens with zero attached hydrogens (tertiary/aromatic N) is 2. The molecule has 2 heterocycles. The Morgan fingerprint density at radius 3 is 2.75 bits per heavy atom. The van der Waals surface area contributed by atoms with Gasteiger partial charge in [0.25, 0.3) is 0 Å². The van der Waals surface area contributed by atoms with Crippen LogP contribution in [0.3, 0.4) is 0 Å². The molecule has 1 aromatic carbocycles. The molecule has 0 spiro atoms. The summed E-state index contributed by atoms with van der Waals surface area (Å²) in [5.41, 5.74) is 1.87. The quantitative estimate of drug-likeness (QED) is 0.660. The molecule has 2 N–H and O–H groups in total. The fourth-order valence-electron chi connectivity index (χ4n) is 2.28. The number of hydrogen-bond acceptors (Lipinski definition) is 6. The summed E-state index contributed by atoms with van der Waals surface area (Å²) in [6, 6.07) is 12.8. The number of aromatic nitrogens is 1. The zero-order valence-corrected chi connectivity index (χ0v) is 14.2. The van der Waals surface area contributed by atoms with Crippen molar-refractivity contribution in [3.8, 4) is 6.07 Å². The van der Waals surface area contributed by atoms with Crippen molar-refractivity contribution in [2.45, 2.75) is 4.21 Å². The van der Waals surface area contributed by atoms with Crippen molar-refractivity contribution in [1.29, 1.82) is 5.26 Å². The van der Waals surface area contributed by atoms with Gasteiger partial charge in [-0.15, -0.1) is 11.3 Å². The highest BCUT2D eigenvalue weighted by Crippen LogP contribution is 2.25. The third-order valence-corrected chi connectivity index (χ3v) is 6.23. The van der Waals surface area contributed by atoms with E-state index in [9.17, 15) is 13.7 Å². The van der Waals surface area contributed by atoms with Gasteiger partial charge in [-0.1, -0.05) is 24.3 Å². The third-order valence-electron chi connectivity index (χ3n) is 3.37. The molecule has 0 aliphatic rings. The number of nitrogens with one attached hydrogen (secondary N) is 2. The fourth-order valence-corrected chi connectivity index (χ4v) is 4.35. The van der Waals surface area contributed by atoms with Crippen LogP contribution < -0.4 is 10.0 Å². The molecule has 0 unspecified atom stereocenters. The fraction of sp³-hybridized carbons (Fsp3) is 0.125. The Morgan fingerprint density at radius 1 is 1.17 bits per heavy atom. The molecule has 0 saturated heterocycles. The summed E-state index contributed by atoms with van der Waals surface area (Å²) in [6.07, 6.45) is 1.51. The van der Waals surface area contributed by atoms with Crippen molar-refractivity contribution in [3.05, 3.63) is 53.5 Å². The van der Waals surface area contributed by atoms with Crippen molar-refractivity contribution in [1.82, 2.24) is 9.71 Å². The smallest absolute Gasteiger partial charge is 0.250 e. The highest BCUT2D eigenvalue weighted by Gasteiger charge is 2.14. The van der Waals surface area contributed by atoms with Gasteiger partial charge < -0.3 is 5.32 Å². The number of sulfonamides is 1. The predicted octanol–water partition coefficient (Wildman–Crippen LogP) is 2.56. The monoisotopic (exact) mass is 358 g/mol. The number of pyridine rings is 1. The molecule has 24 heavy (non-hydrogen) atoms. The number of anilines is 1. The highest BCUT2D eigenvalue weighted by atomic mass is 32.2. The molecular formula is C16H14N4O2S2. The lowest BCUT2D eigenvalue weighted by atomic mass is 10.1. The van der Waals surface area contributed by atoms with E-state index in [4.69, 9.17) is 0 Å². The number of fused-ring (bicyclic) bond motifs is 1. The first-order valence-corrected chi connectivity index (χ1v) is 9.53. The molecule has 0 atom stereocenters. The lowest BCUT2D eigenvalue weighted by Gasteiger charge is -2.11. The van der Waals surface area contributed by atoms with E-state index < -0.39 is 10.0 Å². The molecule has 8 heteroatoms. The van der Waals surface area contributed by atoms with Crippen LogP contribution in [0.15, 0.2) is 52.2 Å². The number of rotatable bonds is 6. The minimum Gasteiger partial charge on any atom is -0.382 e. The normalized spacial score (nSPS) is 11.3. The number of thiophene rings is 1. The van der Waals surface area contributed by atoms with Gasteiger partial charge in [0, 0.05) is 24.7 Å². The molecule has 3 rings (SSSR count). The van der Waals surface area contributed by atoms with Gasteiger partial charge in [-0.05, 0) is 17.5 Å². The van der Waals surface area contributed by atoms with E-state index in [1.165, 1.54) is 17.5 Å². The lowest BCUT2D eigenvalue weighted by molar-refractivity contribution is 0.585. The van der Waals surface area contributed by atoms with Gasteiger partial charge in [0.1, 0.15) is 10.3 Å². The Hall–Kier alpha value is -2.47. The van der Waals surface area contributed by atoms with Crippen molar-refractivity contribution in [3.63, 3.8) is 0 Å². The summed E-state index contributed by atoms with van der Waals surface area (Å²) in [4.78, 5) is 4.24. The summed E-state index contributed by atoms with van der Waals surface area (Å²) in [5, 5.41) is 14.9. The van der Waals surface area contributed by atoms with E-state index in [0.717, 1.165) is 10.9 Å². The summed E-state index contributed by atoms with van der Waals surface area (Å²) < 4.78 is 26.9. The largest absolute Gasteiger partial charge is 0.382 e. The predicted molar refractivity (Wildman–Crippen MR) is 94.5 cm³/mol. The van der Waals surface area contributed by atoms with Gasteiger partial charge in [0.2, 0.25) is 10.0 Å². The lowest BCUT2D eigenvalue weighted by Crippen LogP contribution is -2.28. The Labute approximate surface area is 143 Å². The molecule has 0 amide bonds. The van der Waals surface area contributed by atoms with E-state index in [-0.39, 0.29) is 10.8 Å². The van der Waals surface area contributed by atoms with Crippen LogP contribution in [-0.4, -0.2) is 26.5 Å². The first kappa shape index (κ1) is 16.4. The molecule has 2 aromatic heterocycles. The van der Waals surface area contributed by atoms with Gasteiger partial charge in [0.05, 0.1) is 16.8 Å². The van der Waals surface area contributed by atoms with Crippen LogP contribution in [0.5, 0.6) is 0 Å². The molecule has 3 aromatic rings. The van der Waals surface area contributed by atoms with E-state index in [0.29, 0.717) is 17.8 Å². The van der Waals surface area contributed by atoms with Crippen LogP contribution in [-0.2, 0) is 10.0 Å². The summed E-state index contributed by atoms with van der Waals surface area (Å²) in [7, 11) is -3.48. The molecule has 0 saturated carbocycles. The van der Waals surface area contributed by atoms with E-state index in [2.05, 4.69) is 21.1 Å². The first-order valence-electron chi connectivity index (χ1n) is 7.17. The maximum atomic E-state index is 12.0. The minimum absolute atomic E-state index is 0.210. The molecule has 0 aliphatic heterocycles. The first-order chi connectivity index (χ1) is 11.6. The van der Waals surface area contributed by atoms with Gasteiger partial charge in [-0.3, -0.25) is 4.98 Å². The van der Waals surface area contributed by atoms with Gasteiger partial charge in [-0.2, -0.15) is 5.26 Å². The van der Waals surface area contributed by atoms with Crippen molar-refractivity contribution < 1.29 is 8.42 Å². The molecule has 122 valence electrons. The van der Waals surface area contributed by atoms with E-state index >= 15 is 0 Å². The zero-order valence-electron chi connectivity index (χ0n) is 12.6. The Morgan fingerprint density at radius 2 is 2.00 bits per heavy atom. The molecule has 6 nitrogen and oxygen atoms in total. The second-order valence-corrected chi connectivity index (χ2v) is 7.87. The maximum Gasteiger partial charge on any atom is 0.250 e. The Kier molecular flexibility index (Phi) is 4.76. The zero-order chi connectivity index (χ0) is 17.0. The number of hydrogen-bond donors (Lipinski definition) is 2. The molecule has 0 aliphatic carbocycles. The number of benzene rings is 1. The van der Waals surface area contributed by atoms with E-state index in [1.54, 1.807) is 17.5 Å². The SMILES string of the molecule is N#Cc1cnc2ccccc2c1NCCNS(=O)(=O)c1cccs1. The van der Waals surface area contributed by atoms with Crippen LogP contribution in [0.2, 0.25) is 0 Å². The summed E-state index contributed by atoms with van der Waals surface area (Å²) >= 11 is 1.17. The molecule has 0 bridgehead atoms. The molecular weight excluding hydrogens is 344 g/mol. The van der Waals surface area contributed by atoms with Crippen LogP contribution >= 0.6 is 11.3 Å². The highest BCUT2D eigenvalue weighted by molar-refractivity contribution is 7.91. The van der Waals surface area contributed by atoms with Crippen LogP contribution in [0.25, 0.3) is 10.9 Å². The maximum absolute atomic E-state index is 12.0. The average molecular weight is 358 g/mol. The van der Waals surface area contributed by atoms with Crippen molar-refractivity contribution >= 4 is 38.0 Å². The number of para-hydroxylation sites is 1. The second kappa shape index (κ2) is 6.97. The van der Waals surface area contributed by atoms with Crippen LogP contribution in [0.1, 0.15) is 5.56 Å². The van der Waals surface area contributed by atoms with Gasteiger partial charge in [-0.25, -0.2) is 13.1 Å². The average Bonchev–Trinajstić information content (AvgIpc) is 3.14. The Balaban J connectivity index is 1.71. The topological polar surface area (TPSA) is 94.9 Å². The van der Waals surface area contributed by atoms with Crippen LogP contribution in [0, 0.1) is 11.3 Å². The minimum atomic E-state index is -3.48. The summed E-state index contributed by atoms with van der Waals surface area (Å²) in [5.74, 6) is 0. The van der Waals surface area contributed by atoms with Crippen molar-refractivity contribution in [2.24, 2.45) is 0 Å². The van der Waals surface area contributed by atoms with E-state index in [1.807, 2.05) is 24.3 Å². The summed E-state index contributed by atoms with van der Waals surface area (Å²) in [6.45, 7) is 0.565. The third kappa shape index (κ3) is 3.38. The Bertz CT molecular complexity index is 993. The molecule has 0 fully saturated rings. The second-order valence-electron chi connectivity index (χ2n) is 4.93. The number of nitriles is 1. The molecule has 0 radical (unpaired) electrons.